The van der Waals surface area contributed by atoms with Gasteiger partial charge in [-0.15, -0.1) is 0 Å². The van der Waals surface area contributed by atoms with E-state index < -0.39 is 11.7 Å². The number of fused-ring (bicyclic) bond motifs is 1. The number of carbonyl (C=O) groups excluding carboxylic acids is 2. The lowest BCUT2D eigenvalue weighted by molar-refractivity contribution is -0.114. The molecule has 4 heteroatoms. The summed E-state index contributed by atoms with van der Waals surface area (Å²) in [5.74, 6) is -0.845. The Hall–Kier alpha value is -2.62. The Bertz CT molecular complexity index is 721. The molecule has 3 rings (SSSR count). The van der Waals surface area contributed by atoms with E-state index in [4.69, 9.17) is 0 Å². The molecule has 0 saturated heterocycles. The van der Waals surface area contributed by atoms with Gasteiger partial charge in [0.15, 0.2) is 0 Å². The predicted molar refractivity (Wildman–Crippen MR) is 74.8 cm³/mol. The van der Waals surface area contributed by atoms with E-state index in [1.807, 2.05) is 19.1 Å². The van der Waals surface area contributed by atoms with E-state index in [2.05, 4.69) is 0 Å². The average molecular weight is 267 g/mol. The van der Waals surface area contributed by atoms with Crippen LogP contribution in [0.3, 0.4) is 0 Å². The van der Waals surface area contributed by atoms with Crippen LogP contribution in [0.1, 0.15) is 21.5 Å². The van der Waals surface area contributed by atoms with Gasteiger partial charge in [0.1, 0.15) is 5.75 Å². The number of aromatic hydroxyl groups is 1. The molecular weight excluding hydrogens is 254 g/mol. The quantitative estimate of drug-likeness (QED) is 0.850. The molecule has 100 valence electrons. The molecule has 0 unspecified atom stereocenters. The minimum atomic E-state index is -0.519. The molecule has 1 amide bonds. The Morgan fingerprint density at radius 1 is 1.10 bits per heavy atom. The molecule has 0 aliphatic carbocycles. The monoisotopic (exact) mass is 267 g/mol. The number of phenols is 1. The van der Waals surface area contributed by atoms with E-state index in [0.717, 1.165) is 11.1 Å². The Morgan fingerprint density at radius 3 is 2.65 bits per heavy atom. The molecule has 20 heavy (non-hydrogen) atoms. The van der Waals surface area contributed by atoms with Gasteiger partial charge in [0.25, 0.3) is 11.7 Å². The highest BCUT2D eigenvalue weighted by Gasteiger charge is 2.35. The topological polar surface area (TPSA) is 57.6 Å². The lowest BCUT2D eigenvalue weighted by atomic mass is 10.1. The van der Waals surface area contributed by atoms with Gasteiger partial charge in [-0.05, 0) is 36.8 Å². The number of Topliss-reactive ketones (excluding diaryl/α,β-unsaturated/α-hetero) is 1. The molecule has 0 radical (unpaired) electrons. The first kappa shape index (κ1) is 12.4. The molecule has 0 spiro atoms. The number of phenolic OH excluding ortho intramolecular Hbond substituents is 1. The number of carbonyl (C=O) groups is 2. The largest absolute Gasteiger partial charge is 0.508 e. The van der Waals surface area contributed by atoms with Crippen LogP contribution in [-0.4, -0.2) is 16.8 Å². The lowest BCUT2D eigenvalue weighted by Gasteiger charge is -2.16. The first-order valence-corrected chi connectivity index (χ1v) is 6.31. The third-order valence-electron chi connectivity index (χ3n) is 3.38. The summed E-state index contributed by atoms with van der Waals surface area (Å²) in [4.78, 5) is 25.5. The SMILES string of the molecule is Cc1ccc2c(c1)C(=O)C(=O)N2Cc1cccc(O)c1. The van der Waals surface area contributed by atoms with E-state index in [1.165, 1.54) is 4.90 Å². The Kier molecular flexibility index (Phi) is 2.79. The second-order valence-electron chi connectivity index (χ2n) is 4.91. The summed E-state index contributed by atoms with van der Waals surface area (Å²) in [5, 5.41) is 9.47. The van der Waals surface area contributed by atoms with Crippen LogP contribution in [0, 0.1) is 6.92 Å². The standard InChI is InChI=1S/C16H13NO3/c1-10-5-6-14-13(7-10)15(19)16(20)17(14)9-11-3-2-4-12(18)8-11/h2-8,18H,9H2,1H3. The van der Waals surface area contributed by atoms with Crippen molar-refractivity contribution in [2.24, 2.45) is 0 Å². The maximum atomic E-state index is 12.1. The van der Waals surface area contributed by atoms with E-state index in [-0.39, 0.29) is 12.3 Å². The highest BCUT2D eigenvalue weighted by Crippen LogP contribution is 2.31. The smallest absolute Gasteiger partial charge is 0.299 e. The van der Waals surface area contributed by atoms with Crippen molar-refractivity contribution in [2.45, 2.75) is 13.5 Å². The Labute approximate surface area is 116 Å². The van der Waals surface area contributed by atoms with Crippen LogP contribution in [0.25, 0.3) is 0 Å². The average Bonchev–Trinajstić information content (AvgIpc) is 2.64. The third kappa shape index (κ3) is 1.95. The molecule has 0 fully saturated rings. The highest BCUT2D eigenvalue weighted by molar-refractivity contribution is 6.52. The highest BCUT2D eigenvalue weighted by atomic mass is 16.3. The third-order valence-corrected chi connectivity index (χ3v) is 3.38. The maximum Gasteiger partial charge on any atom is 0.299 e. The molecule has 0 aromatic heterocycles. The number of hydrogen-bond donors (Lipinski definition) is 1. The van der Waals surface area contributed by atoms with Gasteiger partial charge in [-0.25, -0.2) is 0 Å². The Balaban J connectivity index is 1.99. The summed E-state index contributed by atoms with van der Waals surface area (Å²) in [5.41, 5.74) is 2.81. The van der Waals surface area contributed by atoms with E-state index in [9.17, 15) is 14.7 Å². The van der Waals surface area contributed by atoms with Crippen LogP contribution in [-0.2, 0) is 11.3 Å². The number of anilines is 1. The second-order valence-corrected chi connectivity index (χ2v) is 4.91. The van der Waals surface area contributed by atoms with Crippen LogP contribution in [0.15, 0.2) is 42.5 Å². The minimum absolute atomic E-state index is 0.143. The second kappa shape index (κ2) is 4.49. The fourth-order valence-electron chi connectivity index (χ4n) is 2.41. The van der Waals surface area contributed by atoms with Crippen LogP contribution >= 0.6 is 0 Å². The molecular formula is C16H13NO3. The van der Waals surface area contributed by atoms with Crippen molar-refractivity contribution in [1.29, 1.82) is 0 Å². The summed E-state index contributed by atoms with van der Waals surface area (Å²) < 4.78 is 0. The summed E-state index contributed by atoms with van der Waals surface area (Å²) in [6.45, 7) is 2.16. The van der Waals surface area contributed by atoms with Gasteiger partial charge in [0, 0.05) is 0 Å². The number of benzene rings is 2. The summed E-state index contributed by atoms with van der Waals surface area (Å²) >= 11 is 0. The molecule has 4 nitrogen and oxygen atoms in total. The van der Waals surface area contributed by atoms with Gasteiger partial charge in [-0.3, -0.25) is 9.59 Å². The van der Waals surface area contributed by atoms with Gasteiger partial charge in [0.2, 0.25) is 0 Å². The van der Waals surface area contributed by atoms with E-state index in [1.54, 1.807) is 30.3 Å². The normalized spacial score (nSPS) is 13.8. The van der Waals surface area contributed by atoms with Crippen molar-refractivity contribution < 1.29 is 14.7 Å². The summed E-state index contributed by atoms with van der Waals surface area (Å²) in [6, 6.07) is 12.1. The number of ketones is 1. The van der Waals surface area contributed by atoms with Crippen molar-refractivity contribution in [3.63, 3.8) is 0 Å². The molecule has 2 aromatic carbocycles. The fraction of sp³-hybridized carbons (Fsp3) is 0.125. The van der Waals surface area contributed by atoms with Gasteiger partial charge < -0.3 is 10.0 Å². The van der Waals surface area contributed by atoms with Crippen LogP contribution < -0.4 is 4.90 Å². The van der Waals surface area contributed by atoms with Crippen molar-refractivity contribution in [1.82, 2.24) is 0 Å². The van der Waals surface area contributed by atoms with Gasteiger partial charge in [-0.2, -0.15) is 0 Å². The van der Waals surface area contributed by atoms with Gasteiger partial charge in [-0.1, -0.05) is 23.8 Å². The number of hydrogen-bond acceptors (Lipinski definition) is 3. The number of amides is 1. The zero-order valence-corrected chi connectivity index (χ0v) is 11.0. The zero-order chi connectivity index (χ0) is 14.3. The summed E-state index contributed by atoms with van der Waals surface area (Å²) in [6.07, 6.45) is 0. The van der Waals surface area contributed by atoms with E-state index in [0.29, 0.717) is 11.3 Å². The first-order valence-electron chi connectivity index (χ1n) is 6.31. The summed E-state index contributed by atoms with van der Waals surface area (Å²) in [7, 11) is 0. The van der Waals surface area contributed by atoms with Gasteiger partial charge in [0.05, 0.1) is 17.8 Å². The van der Waals surface area contributed by atoms with Crippen molar-refractivity contribution in [3.8, 4) is 5.75 Å². The molecule has 1 N–H and O–H groups in total. The lowest BCUT2D eigenvalue weighted by Crippen LogP contribution is -2.29. The molecule has 0 saturated carbocycles. The number of rotatable bonds is 2. The van der Waals surface area contributed by atoms with Crippen LogP contribution in [0.5, 0.6) is 5.75 Å². The van der Waals surface area contributed by atoms with Crippen LogP contribution in [0.4, 0.5) is 5.69 Å². The molecule has 2 aromatic rings. The van der Waals surface area contributed by atoms with Gasteiger partial charge >= 0.3 is 0 Å². The molecule has 0 atom stereocenters. The molecule has 1 heterocycles. The van der Waals surface area contributed by atoms with Crippen molar-refractivity contribution in [2.75, 3.05) is 4.90 Å². The van der Waals surface area contributed by atoms with E-state index >= 15 is 0 Å². The molecule has 1 aliphatic rings. The zero-order valence-electron chi connectivity index (χ0n) is 11.0. The van der Waals surface area contributed by atoms with Crippen molar-refractivity contribution in [3.05, 3.63) is 59.2 Å². The Morgan fingerprint density at radius 2 is 1.90 bits per heavy atom. The molecule has 1 aliphatic heterocycles. The number of aryl methyl sites for hydroxylation is 1. The van der Waals surface area contributed by atoms with Crippen LogP contribution in [0.2, 0.25) is 0 Å². The predicted octanol–water partition coefficient (Wildman–Crippen LogP) is 2.43. The minimum Gasteiger partial charge on any atom is -0.508 e. The fourth-order valence-corrected chi connectivity index (χ4v) is 2.41. The van der Waals surface area contributed by atoms with Crippen molar-refractivity contribution >= 4 is 17.4 Å². The maximum absolute atomic E-state index is 12.1. The first-order chi connectivity index (χ1) is 9.56. The molecule has 0 bridgehead atoms. The number of nitrogens with zero attached hydrogens (tertiary/aromatic N) is 1.